The Morgan fingerprint density at radius 3 is 2.67 bits per heavy atom. The molecule has 21 heavy (non-hydrogen) atoms. The van der Waals surface area contributed by atoms with Crippen LogP contribution >= 0.6 is 0 Å². The van der Waals surface area contributed by atoms with Crippen LogP contribution < -0.4 is 14.8 Å². The van der Waals surface area contributed by atoms with Crippen LogP contribution in [0.4, 0.5) is 0 Å². The van der Waals surface area contributed by atoms with Gasteiger partial charge in [-0.15, -0.1) is 0 Å². The minimum Gasteiger partial charge on any atom is -0.496 e. The zero-order chi connectivity index (χ0) is 15.2. The lowest BCUT2D eigenvalue weighted by atomic mass is 10.0. The number of aromatic nitrogens is 1. The summed E-state index contributed by atoms with van der Waals surface area (Å²) in [5.74, 6) is 1.54. The molecule has 1 aromatic heterocycles. The Kier molecular flexibility index (Phi) is 5.17. The highest BCUT2D eigenvalue weighted by molar-refractivity contribution is 5.39. The number of nitrogens with one attached hydrogen (secondary N) is 1. The van der Waals surface area contributed by atoms with E-state index in [-0.39, 0.29) is 6.04 Å². The zero-order valence-corrected chi connectivity index (χ0v) is 13.0. The van der Waals surface area contributed by atoms with Crippen LogP contribution in [0, 0.1) is 6.92 Å². The average Bonchev–Trinajstić information content (AvgIpc) is 2.52. The second-order valence-corrected chi connectivity index (χ2v) is 5.05. The Hall–Kier alpha value is -2.07. The van der Waals surface area contributed by atoms with E-state index in [4.69, 9.17) is 9.47 Å². The van der Waals surface area contributed by atoms with Gasteiger partial charge in [-0.05, 0) is 31.5 Å². The number of hydrogen-bond acceptors (Lipinski definition) is 4. The summed E-state index contributed by atoms with van der Waals surface area (Å²) >= 11 is 0. The number of methoxy groups -OCH3 is 2. The van der Waals surface area contributed by atoms with Crippen LogP contribution in [0.3, 0.4) is 0 Å². The Bertz CT molecular complexity index is 599. The highest BCUT2D eigenvalue weighted by Crippen LogP contribution is 2.26. The van der Waals surface area contributed by atoms with E-state index in [1.54, 1.807) is 20.4 Å². The van der Waals surface area contributed by atoms with Gasteiger partial charge in [-0.3, -0.25) is 0 Å². The first-order valence-corrected chi connectivity index (χ1v) is 7.01. The lowest BCUT2D eigenvalue weighted by Gasteiger charge is -2.18. The molecule has 0 aliphatic rings. The van der Waals surface area contributed by atoms with E-state index in [1.165, 1.54) is 11.1 Å². The van der Waals surface area contributed by atoms with Crippen LogP contribution in [0.25, 0.3) is 0 Å². The van der Waals surface area contributed by atoms with Crippen LogP contribution in [0.2, 0.25) is 0 Å². The Balaban J connectivity index is 2.07. The monoisotopic (exact) mass is 286 g/mol. The molecule has 0 saturated heterocycles. The third kappa shape index (κ3) is 3.95. The molecule has 0 radical (unpaired) electrons. The number of rotatable bonds is 6. The van der Waals surface area contributed by atoms with Crippen molar-refractivity contribution in [3.8, 4) is 11.6 Å². The van der Waals surface area contributed by atoms with Gasteiger partial charge in [-0.2, -0.15) is 0 Å². The van der Waals surface area contributed by atoms with E-state index in [9.17, 15) is 0 Å². The lowest BCUT2D eigenvalue weighted by molar-refractivity contribution is 0.395. The molecule has 0 spiro atoms. The lowest BCUT2D eigenvalue weighted by Crippen LogP contribution is -2.19. The predicted molar refractivity (Wildman–Crippen MR) is 83.8 cm³/mol. The summed E-state index contributed by atoms with van der Waals surface area (Å²) in [4.78, 5) is 4.11. The molecule has 0 aliphatic heterocycles. The molecule has 4 heteroatoms. The maximum atomic E-state index is 5.44. The smallest absolute Gasteiger partial charge is 0.213 e. The number of hydrogen-bond donors (Lipinski definition) is 1. The van der Waals surface area contributed by atoms with Crippen molar-refractivity contribution in [2.45, 2.75) is 26.4 Å². The van der Waals surface area contributed by atoms with Crippen LogP contribution in [-0.2, 0) is 6.54 Å². The van der Waals surface area contributed by atoms with Gasteiger partial charge in [-0.25, -0.2) is 4.98 Å². The number of aryl methyl sites for hydroxylation is 1. The molecule has 2 aromatic rings. The van der Waals surface area contributed by atoms with Gasteiger partial charge in [0.2, 0.25) is 5.88 Å². The minimum absolute atomic E-state index is 0.194. The van der Waals surface area contributed by atoms with Gasteiger partial charge in [0.1, 0.15) is 5.75 Å². The molecule has 0 amide bonds. The third-order valence-corrected chi connectivity index (χ3v) is 3.47. The maximum Gasteiger partial charge on any atom is 0.213 e. The molecule has 1 aromatic carbocycles. The van der Waals surface area contributed by atoms with Gasteiger partial charge in [-0.1, -0.05) is 17.7 Å². The molecule has 1 unspecified atom stereocenters. The standard InChI is InChI=1S/C17H22N2O2/c1-12-5-6-16(20-3)15(9-12)13(2)19-11-14-7-8-18-17(10-14)21-4/h5-10,13,19H,11H2,1-4H3. The van der Waals surface area contributed by atoms with Crippen LogP contribution in [0.5, 0.6) is 11.6 Å². The molecule has 4 nitrogen and oxygen atoms in total. The topological polar surface area (TPSA) is 43.4 Å². The fraction of sp³-hybridized carbons (Fsp3) is 0.353. The van der Waals surface area contributed by atoms with Crippen LogP contribution in [0.15, 0.2) is 36.5 Å². The van der Waals surface area contributed by atoms with Crippen molar-refractivity contribution >= 4 is 0 Å². The highest BCUT2D eigenvalue weighted by atomic mass is 16.5. The van der Waals surface area contributed by atoms with E-state index in [2.05, 4.69) is 36.3 Å². The summed E-state index contributed by atoms with van der Waals surface area (Å²) < 4.78 is 10.6. The molecule has 0 saturated carbocycles. The van der Waals surface area contributed by atoms with Crippen molar-refractivity contribution in [2.24, 2.45) is 0 Å². The SMILES string of the molecule is COc1cc(CNC(C)c2cc(C)ccc2OC)ccn1. The summed E-state index contributed by atoms with van der Waals surface area (Å²) in [7, 11) is 3.33. The van der Waals surface area contributed by atoms with E-state index in [0.29, 0.717) is 5.88 Å². The second kappa shape index (κ2) is 7.09. The number of pyridine rings is 1. The van der Waals surface area contributed by atoms with Gasteiger partial charge in [0.15, 0.2) is 0 Å². The summed E-state index contributed by atoms with van der Waals surface area (Å²) in [6.07, 6.45) is 1.76. The summed E-state index contributed by atoms with van der Waals surface area (Å²) in [5, 5.41) is 3.51. The first kappa shape index (κ1) is 15.3. The summed E-state index contributed by atoms with van der Waals surface area (Å²) in [6.45, 7) is 4.97. The Morgan fingerprint density at radius 2 is 1.95 bits per heavy atom. The van der Waals surface area contributed by atoms with Gasteiger partial charge >= 0.3 is 0 Å². The van der Waals surface area contributed by atoms with Crippen LogP contribution in [-0.4, -0.2) is 19.2 Å². The molecule has 112 valence electrons. The van der Waals surface area contributed by atoms with E-state index in [0.717, 1.165) is 17.9 Å². The van der Waals surface area contributed by atoms with Gasteiger partial charge < -0.3 is 14.8 Å². The Labute approximate surface area is 126 Å². The van der Waals surface area contributed by atoms with Crippen molar-refractivity contribution in [3.05, 3.63) is 53.2 Å². The minimum atomic E-state index is 0.194. The average molecular weight is 286 g/mol. The quantitative estimate of drug-likeness (QED) is 0.885. The van der Waals surface area contributed by atoms with Crippen molar-refractivity contribution in [3.63, 3.8) is 0 Å². The van der Waals surface area contributed by atoms with Gasteiger partial charge in [0, 0.05) is 30.4 Å². The van der Waals surface area contributed by atoms with Crippen molar-refractivity contribution in [1.29, 1.82) is 0 Å². The van der Waals surface area contributed by atoms with E-state index >= 15 is 0 Å². The molecule has 1 atom stereocenters. The fourth-order valence-corrected chi connectivity index (χ4v) is 2.25. The predicted octanol–water partition coefficient (Wildman–Crippen LogP) is 3.26. The normalized spacial score (nSPS) is 12.0. The van der Waals surface area contributed by atoms with Gasteiger partial charge in [0.05, 0.1) is 14.2 Å². The molecular weight excluding hydrogens is 264 g/mol. The number of benzene rings is 1. The molecule has 2 rings (SSSR count). The highest BCUT2D eigenvalue weighted by Gasteiger charge is 2.11. The third-order valence-electron chi connectivity index (χ3n) is 3.47. The molecular formula is C17H22N2O2. The largest absolute Gasteiger partial charge is 0.496 e. The first-order chi connectivity index (χ1) is 10.1. The molecule has 0 aliphatic carbocycles. The number of nitrogens with zero attached hydrogens (tertiary/aromatic N) is 1. The number of ether oxygens (including phenoxy) is 2. The molecule has 1 heterocycles. The summed E-state index contributed by atoms with van der Waals surface area (Å²) in [5.41, 5.74) is 3.53. The van der Waals surface area contributed by atoms with Crippen molar-refractivity contribution in [2.75, 3.05) is 14.2 Å². The van der Waals surface area contributed by atoms with Crippen LogP contribution in [0.1, 0.15) is 29.7 Å². The summed E-state index contributed by atoms with van der Waals surface area (Å²) in [6, 6.07) is 10.3. The fourth-order valence-electron chi connectivity index (χ4n) is 2.25. The van der Waals surface area contributed by atoms with Crippen molar-refractivity contribution < 1.29 is 9.47 Å². The van der Waals surface area contributed by atoms with Gasteiger partial charge in [0.25, 0.3) is 0 Å². The zero-order valence-electron chi connectivity index (χ0n) is 13.0. The van der Waals surface area contributed by atoms with Crippen molar-refractivity contribution in [1.82, 2.24) is 10.3 Å². The van der Waals surface area contributed by atoms with E-state index < -0.39 is 0 Å². The first-order valence-electron chi connectivity index (χ1n) is 7.01. The van der Waals surface area contributed by atoms with E-state index in [1.807, 2.05) is 18.2 Å². The maximum absolute atomic E-state index is 5.44. The molecule has 1 N–H and O–H groups in total. The second-order valence-electron chi connectivity index (χ2n) is 5.05. The molecule has 0 bridgehead atoms. The molecule has 0 fully saturated rings. The Morgan fingerprint density at radius 1 is 1.14 bits per heavy atom.